The maximum absolute atomic E-state index is 5.97. The zero-order valence-corrected chi connectivity index (χ0v) is 13.4. The van der Waals surface area contributed by atoms with Crippen LogP contribution in [0.4, 0.5) is 0 Å². The van der Waals surface area contributed by atoms with Gasteiger partial charge in [-0.15, -0.1) is 0 Å². The van der Waals surface area contributed by atoms with Crippen molar-refractivity contribution in [1.82, 2.24) is 4.98 Å². The van der Waals surface area contributed by atoms with Crippen molar-refractivity contribution in [3.63, 3.8) is 0 Å². The Labute approximate surface area is 117 Å². The van der Waals surface area contributed by atoms with Crippen LogP contribution in [0.15, 0.2) is 24.4 Å². The maximum Gasteiger partial charge on any atom is 0.510 e. The van der Waals surface area contributed by atoms with Crippen LogP contribution in [0.5, 0.6) is 0 Å². The lowest BCUT2D eigenvalue weighted by Crippen LogP contribution is -2.52. The first-order valence-corrected chi connectivity index (χ1v) is 8.86. The van der Waals surface area contributed by atoms with Crippen LogP contribution in [0.1, 0.15) is 45.4 Å². The Morgan fingerprint density at radius 2 is 1.58 bits per heavy atom. The Hall–Kier alpha value is -0.753. The summed E-state index contributed by atoms with van der Waals surface area (Å²) in [7, 11) is -2.73. The maximum atomic E-state index is 5.97. The molecule has 0 radical (unpaired) electrons. The second-order valence-electron chi connectivity index (χ2n) is 4.12. The summed E-state index contributed by atoms with van der Waals surface area (Å²) in [6.45, 7) is 9.83. The molecule has 1 unspecified atom stereocenters. The molecule has 1 aromatic rings. The van der Waals surface area contributed by atoms with E-state index in [2.05, 4.69) is 11.9 Å². The van der Waals surface area contributed by atoms with Gasteiger partial charge in [0.1, 0.15) is 0 Å². The predicted molar refractivity (Wildman–Crippen MR) is 77.9 cm³/mol. The largest absolute Gasteiger partial charge is 0.510 e. The lowest BCUT2D eigenvalue weighted by Gasteiger charge is -2.34. The van der Waals surface area contributed by atoms with Crippen LogP contribution in [-0.2, 0) is 13.3 Å². The summed E-state index contributed by atoms with van der Waals surface area (Å²) >= 11 is 0. The van der Waals surface area contributed by atoms with Gasteiger partial charge in [0.05, 0.1) is 5.54 Å². The third-order valence-electron chi connectivity index (χ3n) is 2.92. The molecule has 0 N–H and O–H groups in total. The van der Waals surface area contributed by atoms with E-state index in [0.717, 1.165) is 12.1 Å². The molecular weight excluding hydrogens is 258 g/mol. The number of pyridine rings is 1. The van der Waals surface area contributed by atoms with Crippen molar-refractivity contribution in [2.75, 3.05) is 19.8 Å². The fourth-order valence-electron chi connectivity index (χ4n) is 2.25. The lowest BCUT2D eigenvalue weighted by molar-refractivity contribution is 0.0607. The molecule has 19 heavy (non-hydrogen) atoms. The van der Waals surface area contributed by atoms with E-state index in [1.807, 2.05) is 39.0 Å². The zero-order chi connectivity index (χ0) is 14.1. The van der Waals surface area contributed by atoms with Crippen molar-refractivity contribution in [2.24, 2.45) is 0 Å². The lowest BCUT2D eigenvalue weighted by atomic mass is 10.2. The molecule has 0 saturated carbocycles. The SMILES string of the molecule is CCO[Si](OCC)(OCC)C(CC)c1ccccn1. The van der Waals surface area contributed by atoms with Crippen LogP contribution in [0.25, 0.3) is 0 Å². The van der Waals surface area contributed by atoms with Crippen LogP contribution in [0.2, 0.25) is 0 Å². The van der Waals surface area contributed by atoms with Crippen molar-refractivity contribution in [3.8, 4) is 0 Å². The van der Waals surface area contributed by atoms with Crippen molar-refractivity contribution >= 4 is 8.80 Å². The summed E-state index contributed by atoms with van der Waals surface area (Å²) in [5.74, 6) is 0. The van der Waals surface area contributed by atoms with Gasteiger partial charge in [0.15, 0.2) is 0 Å². The monoisotopic (exact) mass is 283 g/mol. The van der Waals surface area contributed by atoms with Crippen LogP contribution in [-0.4, -0.2) is 33.6 Å². The van der Waals surface area contributed by atoms with Gasteiger partial charge >= 0.3 is 8.80 Å². The second kappa shape index (κ2) is 8.42. The average Bonchev–Trinajstić information content (AvgIpc) is 2.41. The van der Waals surface area contributed by atoms with Gasteiger partial charge < -0.3 is 13.3 Å². The molecule has 0 aromatic carbocycles. The minimum atomic E-state index is -2.73. The summed E-state index contributed by atoms with van der Waals surface area (Å²) < 4.78 is 17.9. The van der Waals surface area contributed by atoms with Gasteiger partial charge in [-0.3, -0.25) is 4.98 Å². The van der Waals surface area contributed by atoms with E-state index < -0.39 is 8.80 Å². The summed E-state index contributed by atoms with van der Waals surface area (Å²) in [5, 5.41) is 0. The number of hydrogen-bond acceptors (Lipinski definition) is 4. The number of aromatic nitrogens is 1. The summed E-state index contributed by atoms with van der Waals surface area (Å²) in [5.41, 5.74) is 1.08. The molecule has 0 aliphatic rings. The van der Waals surface area contributed by atoms with Gasteiger partial charge in [0.25, 0.3) is 0 Å². The Bertz CT molecular complexity index is 331. The third-order valence-corrected chi connectivity index (χ3v) is 6.55. The number of hydrogen-bond donors (Lipinski definition) is 0. The molecule has 0 aliphatic heterocycles. The second-order valence-corrected chi connectivity index (χ2v) is 6.89. The molecule has 0 amide bonds. The fourth-order valence-corrected chi connectivity index (χ4v) is 5.35. The van der Waals surface area contributed by atoms with E-state index >= 15 is 0 Å². The molecular formula is C14H25NO3Si. The summed E-state index contributed by atoms with van der Waals surface area (Å²) in [6.07, 6.45) is 2.70. The molecule has 1 rings (SSSR count). The summed E-state index contributed by atoms with van der Waals surface area (Å²) in [4.78, 5) is 4.46. The van der Waals surface area contributed by atoms with Crippen LogP contribution < -0.4 is 0 Å². The molecule has 1 aromatic heterocycles. The van der Waals surface area contributed by atoms with Crippen LogP contribution >= 0.6 is 0 Å². The topological polar surface area (TPSA) is 40.6 Å². The van der Waals surface area contributed by atoms with Gasteiger partial charge in [-0.1, -0.05) is 13.0 Å². The van der Waals surface area contributed by atoms with Gasteiger partial charge in [-0.25, -0.2) is 0 Å². The quantitative estimate of drug-likeness (QED) is 0.653. The Kier molecular flexibility index (Phi) is 7.23. The highest BCUT2D eigenvalue weighted by Crippen LogP contribution is 2.31. The third kappa shape index (κ3) is 4.11. The molecule has 5 heteroatoms. The van der Waals surface area contributed by atoms with Crippen molar-refractivity contribution in [2.45, 2.75) is 39.7 Å². The van der Waals surface area contributed by atoms with Crippen LogP contribution in [0.3, 0.4) is 0 Å². The highest BCUT2D eigenvalue weighted by molar-refractivity contribution is 6.62. The fraction of sp³-hybridized carbons (Fsp3) is 0.643. The van der Waals surface area contributed by atoms with Crippen molar-refractivity contribution in [3.05, 3.63) is 30.1 Å². The van der Waals surface area contributed by atoms with E-state index in [0.29, 0.717) is 19.8 Å². The molecule has 0 saturated heterocycles. The zero-order valence-electron chi connectivity index (χ0n) is 12.4. The van der Waals surface area contributed by atoms with Crippen LogP contribution in [0, 0.1) is 0 Å². The Morgan fingerprint density at radius 1 is 1.00 bits per heavy atom. The van der Waals surface area contributed by atoms with E-state index in [4.69, 9.17) is 13.3 Å². The van der Waals surface area contributed by atoms with Crippen molar-refractivity contribution < 1.29 is 13.3 Å². The van der Waals surface area contributed by atoms with Crippen molar-refractivity contribution in [1.29, 1.82) is 0 Å². The van der Waals surface area contributed by atoms with Gasteiger partial charge in [-0.2, -0.15) is 0 Å². The Balaban J connectivity index is 3.10. The first-order chi connectivity index (χ1) is 9.24. The highest BCUT2D eigenvalue weighted by atomic mass is 28.4. The predicted octanol–water partition coefficient (Wildman–Crippen LogP) is 3.16. The van der Waals surface area contributed by atoms with Gasteiger partial charge in [0.2, 0.25) is 0 Å². The van der Waals surface area contributed by atoms with Gasteiger partial charge in [-0.05, 0) is 39.3 Å². The first kappa shape index (κ1) is 16.3. The molecule has 0 fully saturated rings. The molecule has 4 nitrogen and oxygen atoms in total. The average molecular weight is 283 g/mol. The summed E-state index contributed by atoms with van der Waals surface area (Å²) in [6, 6.07) is 5.93. The number of nitrogens with zero attached hydrogens (tertiary/aromatic N) is 1. The molecule has 1 heterocycles. The molecule has 0 aliphatic carbocycles. The molecule has 1 atom stereocenters. The van der Waals surface area contributed by atoms with E-state index in [1.165, 1.54) is 0 Å². The highest BCUT2D eigenvalue weighted by Gasteiger charge is 2.49. The molecule has 0 bridgehead atoms. The molecule has 108 valence electrons. The smallest absolute Gasteiger partial charge is 0.373 e. The first-order valence-electron chi connectivity index (χ1n) is 7.06. The molecule has 0 spiro atoms. The van der Waals surface area contributed by atoms with E-state index in [-0.39, 0.29) is 5.54 Å². The standard InChI is InChI=1S/C14H25NO3Si/c1-5-14(13-11-9-10-12-15-13)19(16-6-2,17-7-3)18-8-4/h9-12,14H,5-8H2,1-4H3. The normalized spacial score (nSPS) is 13.5. The van der Waals surface area contributed by atoms with E-state index in [1.54, 1.807) is 6.20 Å². The minimum Gasteiger partial charge on any atom is -0.373 e. The van der Waals surface area contributed by atoms with E-state index in [9.17, 15) is 0 Å². The van der Waals surface area contributed by atoms with Gasteiger partial charge in [0, 0.05) is 31.7 Å². The number of rotatable bonds is 9. The minimum absolute atomic E-state index is 0.0912. The Morgan fingerprint density at radius 3 is 1.95 bits per heavy atom.